The summed E-state index contributed by atoms with van der Waals surface area (Å²) >= 11 is 0.746. The zero-order valence-corrected chi connectivity index (χ0v) is 10.6. The van der Waals surface area contributed by atoms with E-state index >= 15 is 0 Å². The number of carbonyl (C=O) groups excluding carboxylic acids is 1. The van der Waals surface area contributed by atoms with Gasteiger partial charge < -0.3 is 9.94 Å². The Hall–Kier alpha value is -2.16. The first-order valence-electron chi connectivity index (χ1n) is 4.80. The third-order valence-corrected chi connectivity index (χ3v) is 3.72. The van der Waals surface area contributed by atoms with E-state index in [1.807, 2.05) is 0 Å². The Labute approximate surface area is 104 Å². The van der Waals surface area contributed by atoms with Gasteiger partial charge in [0.2, 0.25) is 0 Å². The molecule has 0 aromatic carbocycles. The van der Waals surface area contributed by atoms with Crippen LogP contribution >= 0.6 is 11.3 Å². The first kappa shape index (κ1) is 12.3. The lowest BCUT2D eigenvalue weighted by Gasteiger charge is -2.00. The second kappa shape index (κ2) is 3.95. The smallest absolute Gasteiger partial charge is 0.416 e. The number of nitrogens with zero attached hydrogens (tertiary/aromatic N) is 3. The van der Waals surface area contributed by atoms with Crippen LogP contribution < -0.4 is 16.0 Å². The Balaban J connectivity index is 3.03. The van der Waals surface area contributed by atoms with Crippen LogP contribution in [0.25, 0.3) is 10.3 Å². The van der Waals surface area contributed by atoms with Crippen molar-refractivity contribution in [3.05, 3.63) is 31.1 Å². The number of aryl methyl sites for hydroxylation is 1. The molecule has 0 aliphatic heterocycles. The summed E-state index contributed by atoms with van der Waals surface area (Å²) in [5, 5.41) is 11.6. The van der Waals surface area contributed by atoms with E-state index in [1.54, 1.807) is 0 Å². The molecular weight excluding hydrogens is 262 g/mol. The molecule has 0 fully saturated rings. The van der Waals surface area contributed by atoms with E-state index in [-0.39, 0.29) is 20.1 Å². The lowest BCUT2D eigenvalue weighted by molar-refractivity contribution is -0.575. The Kier molecular flexibility index (Phi) is 2.70. The monoisotopic (exact) mass is 271 g/mol. The number of methoxy groups -OCH3 is 1. The van der Waals surface area contributed by atoms with Gasteiger partial charge in [-0.05, 0) is 11.3 Å². The molecule has 2 aromatic rings. The maximum absolute atomic E-state index is 11.9. The van der Waals surface area contributed by atoms with Crippen molar-refractivity contribution in [1.29, 1.82) is 0 Å². The summed E-state index contributed by atoms with van der Waals surface area (Å²) < 4.78 is 6.59. The van der Waals surface area contributed by atoms with Crippen LogP contribution in [0.4, 0.5) is 0 Å². The van der Waals surface area contributed by atoms with Gasteiger partial charge in [-0.2, -0.15) is 0 Å². The number of esters is 1. The predicted octanol–water partition coefficient (Wildman–Crippen LogP) is -1.28. The normalized spacial score (nSPS) is 10.8. The first-order valence-corrected chi connectivity index (χ1v) is 5.62. The highest BCUT2D eigenvalue weighted by Gasteiger charge is 2.29. The molecule has 0 radical (unpaired) electrons. The molecule has 0 N–H and O–H groups in total. The second-order valence-corrected chi connectivity index (χ2v) is 4.53. The van der Waals surface area contributed by atoms with Gasteiger partial charge in [-0.3, -0.25) is 13.9 Å². The standard InChI is InChI=1S/C9H9N3O5S/c1-10-5(13)4-6(11(2)9(10)15)18-7(12(4)16)8(14)17-3/h1-3H3. The van der Waals surface area contributed by atoms with Gasteiger partial charge in [0.1, 0.15) is 0 Å². The minimum absolute atomic E-state index is 0.138. The lowest BCUT2D eigenvalue weighted by atomic mass is 10.5. The topological polar surface area (TPSA) is 97.2 Å². The van der Waals surface area contributed by atoms with Crippen LogP contribution in [0.1, 0.15) is 9.80 Å². The van der Waals surface area contributed by atoms with E-state index in [2.05, 4.69) is 4.74 Å². The second-order valence-electron chi connectivity index (χ2n) is 3.55. The molecule has 96 valence electrons. The van der Waals surface area contributed by atoms with E-state index in [0.29, 0.717) is 0 Å². The molecule has 0 unspecified atom stereocenters. The van der Waals surface area contributed by atoms with Crippen molar-refractivity contribution in [2.45, 2.75) is 0 Å². The number of aromatic nitrogens is 3. The fourth-order valence-electron chi connectivity index (χ4n) is 1.54. The van der Waals surface area contributed by atoms with Gasteiger partial charge in [0.15, 0.2) is 4.83 Å². The van der Waals surface area contributed by atoms with Gasteiger partial charge in [-0.25, -0.2) is 9.59 Å². The van der Waals surface area contributed by atoms with Gasteiger partial charge in [-0.1, -0.05) is 0 Å². The highest BCUT2D eigenvalue weighted by atomic mass is 32.1. The molecule has 0 aliphatic carbocycles. The molecule has 0 saturated heterocycles. The van der Waals surface area contributed by atoms with Crippen molar-refractivity contribution in [1.82, 2.24) is 9.13 Å². The number of thiazole rings is 1. The van der Waals surface area contributed by atoms with Crippen LogP contribution in [0.15, 0.2) is 9.59 Å². The van der Waals surface area contributed by atoms with E-state index < -0.39 is 17.2 Å². The molecule has 0 spiro atoms. The summed E-state index contributed by atoms with van der Waals surface area (Å²) in [6, 6.07) is 0. The first-order chi connectivity index (χ1) is 8.40. The number of carbonyl (C=O) groups is 1. The Morgan fingerprint density at radius 1 is 1.33 bits per heavy atom. The van der Waals surface area contributed by atoms with Crippen LogP contribution in [0.3, 0.4) is 0 Å². The molecule has 0 saturated carbocycles. The molecule has 0 bridgehead atoms. The maximum atomic E-state index is 11.9. The SMILES string of the molecule is COC(=O)c1sc2c(c(=O)n(C)c(=O)n2C)[n+]1[O-]. The van der Waals surface area contributed by atoms with Crippen LogP contribution in [0.2, 0.25) is 0 Å². The van der Waals surface area contributed by atoms with E-state index in [1.165, 1.54) is 14.1 Å². The van der Waals surface area contributed by atoms with Crippen LogP contribution in [0, 0.1) is 5.21 Å². The van der Waals surface area contributed by atoms with Crippen molar-refractivity contribution < 1.29 is 14.3 Å². The zero-order chi connectivity index (χ0) is 13.6. The maximum Gasteiger partial charge on any atom is 0.416 e. The number of rotatable bonds is 1. The summed E-state index contributed by atoms with van der Waals surface area (Å²) in [6.07, 6.45) is 0. The Bertz CT molecular complexity index is 769. The van der Waals surface area contributed by atoms with Crippen LogP contribution in [0.5, 0.6) is 0 Å². The quantitative estimate of drug-likeness (QED) is 0.365. The van der Waals surface area contributed by atoms with Crippen LogP contribution in [-0.2, 0) is 18.8 Å². The van der Waals surface area contributed by atoms with Crippen molar-refractivity contribution in [3.8, 4) is 0 Å². The van der Waals surface area contributed by atoms with Crippen molar-refractivity contribution in [3.63, 3.8) is 0 Å². The molecule has 18 heavy (non-hydrogen) atoms. The molecule has 2 rings (SSSR count). The predicted molar refractivity (Wildman–Crippen MR) is 62.6 cm³/mol. The minimum Gasteiger partial charge on any atom is -0.617 e. The molecule has 8 nitrogen and oxygen atoms in total. The highest BCUT2D eigenvalue weighted by molar-refractivity contribution is 7.19. The molecule has 0 aliphatic rings. The van der Waals surface area contributed by atoms with E-state index in [0.717, 1.165) is 27.6 Å². The zero-order valence-electron chi connectivity index (χ0n) is 9.79. The van der Waals surface area contributed by atoms with Crippen molar-refractivity contribution >= 4 is 27.7 Å². The van der Waals surface area contributed by atoms with Gasteiger partial charge in [0, 0.05) is 14.1 Å². The van der Waals surface area contributed by atoms with Gasteiger partial charge in [0.05, 0.1) is 7.11 Å². The molecular formula is C9H9N3O5S. The largest absolute Gasteiger partial charge is 0.617 e. The highest BCUT2D eigenvalue weighted by Crippen LogP contribution is 2.16. The summed E-state index contributed by atoms with van der Waals surface area (Å²) in [7, 11) is 3.81. The Morgan fingerprint density at radius 2 is 1.94 bits per heavy atom. The lowest BCUT2D eigenvalue weighted by Crippen LogP contribution is -2.43. The number of fused-ring (bicyclic) bond motifs is 1. The number of hydrogen-bond donors (Lipinski definition) is 0. The molecule has 2 aromatic heterocycles. The summed E-state index contributed by atoms with van der Waals surface area (Å²) in [4.78, 5) is 35.0. The van der Waals surface area contributed by atoms with Gasteiger partial charge in [0.25, 0.3) is 0 Å². The van der Waals surface area contributed by atoms with Crippen molar-refractivity contribution in [2.24, 2.45) is 14.1 Å². The summed E-state index contributed by atoms with van der Waals surface area (Å²) in [5.41, 5.74) is -1.55. The summed E-state index contributed by atoms with van der Waals surface area (Å²) in [6.45, 7) is 0. The number of ether oxygens (including phenoxy) is 1. The van der Waals surface area contributed by atoms with E-state index in [4.69, 9.17) is 0 Å². The fraction of sp³-hybridized carbons (Fsp3) is 0.333. The Morgan fingerprint density at radius 3 is 2.50 bits per heavy atom. The third-order valence-electron chi connectivity index (χ3n) is 2.53. The molecule has 9 heteroatoms. The van der Waals surface area contributed by atoms with Crippen molar-refractivity contribution in [2.75, 3.05) is 7.11 Å². The summed E-state index contributed by atoms with van der Waals surface area (Å²) in [5.74, 6) is -0.847. The third kappa shape index (κ3) is 1.44. The molecule has 0 amide bonds. The fourth-order valence-corrected chi connectivity index (χ4v) is 2.55. The average molecular weight is 271 g/mol. The average Bonchev–Trinajstić information content (AvgIpc) is 2.71. The molecule has 0 atom stereocenters. The number of hydrogen-bond acceptors (Lipinski definition) is 6. The van der Waals surface area contributed by atoms with E-state index in [9.17, 15) is 19.6 Å². The molecule has 2 heterocycles. The van der Waals surface area contributed by atoms with Gasteiger partial charge >= 0.3 is 27.7 Å². The van der Waals surface area contributed by atoms with Gasteiger partial charge in [-0.15, -0.1) is 4.73 Å². The van der Waals surface area contributed by atoms with Crippen LogP contribution in [-0.4, -0.2) is 22.2 Å². The minimum atomic E-state index is -0.847.